The first-order chi connectivity index (χ1) is 8.29. The van der Waals surface area contributed by atoms with E-state index >= 15 is 0 Å². The first-order valence-electron chi connectivity index (χ1n) is 5.26. The number of hydrazine groups is 1. The van der Waals surface area contributed by atoms with E-state index in [4.69, 9.17) is 5.84 Å². The summed E-state index contributed by atoms with van der Waals surface area (Å²) in [6.45, 7) is 0. The minimum Gasteiger partial charge on any atom is -0.271 e. The van der Waals surface area contributed by atoms with Gasteiger partial charge in [0, 0.05) is 6.20 Å². The fourth-order valence-electron chi connectivity index (χ4n) is 1.66. The highest BCUT2D eigenvalue weighted by atomic mass is 19.1. The van der Waals surface area contributed by atoms with Crippen molar-refractivity contribution in [3.8, 4) is 0 Å². The number of hydrogen-bond acceptors (Lipinski definition) is 4. The SMILES string of the molecule is NNC(Cc1cccc(F)c1)c1ccncn1. The van der Waals surface area contributed by atoms with Gasteiger partial charge in [0.2, 0.25) is 0 Å². The van der Waals surface area contributed by atoms with Gasteiger partial charge in [0.25, 0.3) is 0 Å². The first-order valence-corrected chi connectivity index (χ1v) is 5.26. The fourth-order valence-corrected chi connectivity index (χ4v) is 1.66. The van der Waals surface area contributed by atoms with E-state index in [1.54, 1.807) is 18.3 Å². The van der Waals surface area contributed by atoms with Crippen LogP contribution in [-0.4, -0.2) is 9.97 Å². The maximum Gasteiger partial charge on any atom is 0.123 e. The van der Waals surface area contributed by atoms with Crippen molar-refractivity contribution in [2.24, 2.45) is 5.84 Å². The zero-order valence-corrected chi connectivity index (χ0v) is 9.18. The maximum atomic E-state index is 13.0. The summed E-state index contributed by atoms with van der Waals surface area (Å²) in [6, 6.07) is 8.07. The van der Waals surface area contributed by atoms with E-state index in [1.165, 1.54) is 18.5 Å². The quantitative estimate of drug-likeness (QED) is 0.617. The highest BCUT2D eigenvalue weighted by Gasteiger charge is 2.11. The predicted molar refractivity (Wildman–Crippen MR) is 62.2 cm³/mol. The van der Waals surface area contributed by atoms with Crippen molar-refractivity contribution in [3.63, 3.8) is 0 Å². The number of nitrogens with one attached hydrogen (secondary N) is 1. The average molecular weight is 232 g/mol. The van der Waals surface area contributed by atoms with Crippen molar-refractivity contribution >= 4 is 0 Å². The molecule has 2 aromatic rings. The second-order valence-electron chi connectivity index (χ2n) is 3.69. The van der Waals surface area contributed by atoms with E-state index in [-0.39, 0.29) is 11.9 Å². The van der Waals surface area contributed by atoms with Gasteiger partial charge in [0.15, 0.2) is 0 Å². The molecule has 0 bridgehead atoms. The molecule has 3 N–H and O–H groups in total. The number of hydrogen-bond donors (Lipinski definition) is 2. The molecular formula is C12H13FN4. The molecular weight excluding hydrogens is 219 g/mol. The molecule has 88 valence electrons. The van der Waals surface area contributed by atoms with E-state index in [0.717, 1.165) is 11.3 Å². The van der Waals surface area contributed by atoms with Crippen LogP contribution in [0.5, 0.6) is 0 Å². The van der Waals surface area contributed by atoms with Crippen LogP contribution in [0, 0.1) is 5.82 Å². The number of rotatable bonds is 4. The Kier molecular flexibility index (Phi) is 3.74. The highest BCUT2D eigenvalue weighted by Crippen LogP contribution is 2.15. The number of aromatic nitrogens is 2. The van der Waals surface area contributed by atoms with Crippen molar-refractivity contribution < 1.29 is 4.39 Å². The molecule has 1 heterocycles. The van der Waals surface area contributed by atoms with Crippen LogP contribution in [-0.2, 0) is 6.42 Å². The molecule has 0 spiro atoms. The van der Waals surface area contributed by atoms with E-state index < -0.39 is 0 Å². The minimum absolute atomic E-state index is 0.153. The predicted octanol–water partition coefficient (Wildman–Crippen LogP) is 1.36. The van der Waals surface area contributed by atoms with Crippen molar-refractivity contribution in [3.05, 3.63) is 59.9 Å². The second kappa shape index (κ2) is 5.47. The Morgan fingerprint density at radius 2 is 2.24 bits per heavy atom. The Hall–Kier alpha value is -1.85. The van der Waals surface area contributed by atoms with Gasteiger partial charge in [0.1, 0.15) is 12.1 Å². The van der Waals surface area contributed by atoms with Gasteiger partial charge < -0.3 is 0 Å². The molecule has 0 amide bonds. The monoisotopic (exact) mass is 232 g/mol. The Labute approximate surface area is 98.7 Å². The summed E-state index contributed by atoms with van der Waals surface area (Å²) in [7, 11) is 0. The molecule has 0 aliphatic carbocycles. The van der Waals surface area contributed by atoms with Gasteiger partial charge in [-0.2, -0.15) is 0 Å². The molecule has 1 atom stereocenters. The van der Waals surface area contributed by atoms with Gasteiger partial charge in [-0.25, -0.2) is 14.4 Å². The van der Waals surface area contributed by atoms with E-state index in [1.807, 2.05) is 6.07 Å². The fraction of sp³-hybridized carbons (Fsp3) is 0.167. The molecule has 0 saturated carbocycles. The number of nitrogens with zero attached hydrogens (tertiary/aromatic N) is 2. The molecule has 0 aliphatic heterocycles. The topological polar surface area (TPSA) is 63.8 Å². The lowest BCUT2D eigenvalue weighted by atomic mass is 10.0. The summed E-state index contributed by atoms with van der Waals surface area (Å²) in [4.78, 5) is 7.96. The van der Waals surface area contributed by atoms with Crippen molar-refractivity contribution in [2.45, 2.75) is 12.5 Å². The third kappa shape index (κ3) is 3.05. The van der Waals surface area contributed by atoms with Gasteiger partial charge in [-0.15, -0.1) is 0 Å². The standard InChI is InChI=1S/C12H13FN4/c13-10-3-1-2-9(6-10)7-12(17-14)11-4-5-15-8-16-11/h1-6,8,12,17H,7,14H2. The Bertz CT molecular complexity index is 475. The zero-order chi connectivity index (χ0) is 12.1. The van der Waals surface area contributed by atoms with Gasteiger partial charge in [-0.3, -0.25) is 11.3 Å². The normalized spacial score (nSPS) is 12.4. The lowest BCUT2D eigenvalue weighted by molar-refractivity contribution is 0.534. The summed E-state index contributed by atoms with van der Waals surface area (Å²) in [5.74, 6) is 5.24. The van der Waals surface area contributed by atoms with Gasteiger partial charge in [0.05, 0.1) is 11.7 Å². The smallest absolute Gasteiger partial charge is 0.123 e. The van der Waals surface area contributed by atoms with Crippen LogP contribution in [0.3, 0.4) is 0 Å². The minimum atomic E-state index is -0.249. The molecule has 0 aliphatic rings. The molecule has 1 aromatic carbocycles. The highest BCUT2D eigenvalue weighted by molar-refractivity contribution is 5.19. The molecule has 17 heavy (non-hydrogen) atoms. The molecule has 2 rings (SSSR count). The van der Waals surface area contributed by atoms with Crippen molar-refractivity contribution in [2.75, 3.05) is 0 Å². The van der Waals surface area contributed by atoms with Crippen molar-refractivity contribution in [1.82, 2.24) is 15.4 Å². The lowest BCUT2D eigenvalue weighted by Gasteiger charge is -2.14. The van der Waals surface area contributed by atoms with Gasteiger partial charge >= 0.3 is 0 Å². The summed E-state index contributed by atoms with van der Waals surface area (Å²) in [5.41, 5.74) is 4.32. The zero-order valence-electron chi connectivity index (χ0n) is 9.18. The number of benzene rings is 1. The molecule has 4 nitrogen and oxygen atoms in total. The third-order valence-corrected chi connectivity index (χ3v) is 2.49. The first kappa shape index (κ1) is 11.6. The maximum absolute atomic E-state index is 13.0. The molecule has 0 saturated heterocycles. The summed E-state index contributed by atoms with van der Waals surface area (Å²) in [6.07, 6.45) is 3.69. The van der Waals surface area contributed by atoms with Crippen LogP contribution < -0.4 is 11.3 Å². The lowest BCUT2D eigenvalue weighted by Crippen LogP contribution is -2.30. The average Bonchev–Trinajstić information content (AvgIpc) is 2.37. The van der Waals surface area contributed by atoms with Crippen LogP contribution in [0.15, 0.2) is 42.9 Å². The van der Waals surface area contributed by atoms with Crippen LogP contribution in [0.25, 0.3) is 0 Å². The number of nitrogens with two attached hydrogens (primary N) is 1. The molecule has 5 heteroatoms. The van der Waals surface area contributed by atoms with Crippen LogP contribution in [0.4, 0.5) is 4.39 Å². The third-order valence-electron chi connectivity index (χ3n) is 2.49. The Balaban J connectivity index is 2.16. The van der Waals surface area contributed by atoms with E-state index in [2.05, 4.69) is 15.4 Å². The molecule has 1 unspecified atom stereocenters. The second-order valence-corrected chi connectivity index (χ2v) is 3.69. The van der Waals surface area contributed by atoms with Crippen molar-refractivity contribution in [1.29, 1.82) is 0 Å². The molecule has 0 radical (unpaired) electrons. The van der Waals surface area contributed by atoms with E-state index in [9.17, 15) is 4.39 Å². The van der Waals surface area contributed by atoms with Crippen LogP contribution in [0.1, 0.15) is 17.3 Å². The van der Waals surface area contributed by atoms with Gasteiger partial charge in [-0.1, -0.05) is 12.1 Å². The summed E-state index contributed by atoms with van der Waals surface area (Å²) >= 11 is 0. The van der Waals surface area contributed by atoms with Crippen LogP contribution >= 0.6 is 0 Å². The summed E-state index contributed by atoms with van der Waals surface area (Å²) in [5, 5.41) is 0. The Morgan fingerprint density at radius 3 is 2.88 bits per heavy atom. The molecule has 0 fully saturated rings. The van der Waals surface area contributed by atoms with Crippen LogP contribution in [0.2, 0.25) is 0 Å². The van der Waals surface area contributed by atoms with E-state index in [0.29, 0.717) is 6.42 Å². The molecule has 1 aromatic heterocycles. The number of halogens is 1. The summed E-state index contributed by atoms with van der Waals surface area (Å²) < 4.78 is 13.0. The Morgan fingerprint density at radius 1 is 1.35 bits per heavy atom. The largest absolute Gasteiger partial charge is 0.271 e. The van der Waals surface area contributed by atoms with Gasteiger partial charge in [-0.05, 0) is 30.2 Å².